The molecular weight excluding hydrogens is 250 g/mol. The molecule has 102 valence electrons. The Kier molecular flexibility index (Phi) is 6.91. The third-order valence-electron chi connectivity index (χ3n) is 2.87. The summed E-state index contributed by atoms with van der Waals surface area (Å²) >= 11 is 6.21. The van der Waals surface area contributed by atoms with Crippen molar-refractivity contribution in [1.29, 1.82) is 0 Å². The fourth-order valence-electron chi connectivity index (χ4n) is 1.90. The van der Waals surface area contributed by atoms with E-state index in [1.54, 1.807) is 14.2 Å². The minimum atomic E-state index is 0.559. The Balaban J connectivity index is 2.62. The van der Waals surface area contributed by atoms with Crippen molar-refractivity contribution in [1.82, 2.24) is 5.32 Å². The maximum atomic E-state index is 6.21. The summed E-state index contributed by atoms with van der Waals surface area (Å²) in [6.07, 6.45) is 3.24. The lowest BCUT2D eigenvalue weighted by Gasteiger charge is -2.13. The smallest absolute Gasteiger partial charge is 0.144 e. The first-order valence-corrected chi connectivity index (χ1v) is 6.72. The summed E-state index contributed by atoms with van der Waals surface area (Å²) in [4.78, 5) is 0. The van der Waals surface area contributed by atoms with Gasteiger partial charge < -0.3 is 14.8 Å². The standard InChI is InChI=1S/C14H22ClNO2/c1-4-16-10-6-5-7-11-8-9-12(17-2)13(15)14(11)18-3/h8-9,16H,4-7,10H2,1-3H3. The molecule has 0 fully saturated rings. The van der Waals surface area contributed by atoms with E-state index in [0.717, 1.165) is 43.7 Å². The molecule has 0 saturated carbocycles. The summed E-state index contributed by atoms with van der Waals surface area (Å²) < 4.78 is 10.5. The second-order valence-electron chi connectivity index (χ2n) is 4.08. The topological polar surface area (TPSA) is 30.5 Å². The molecule has 0 saturated heterocycles. The number of halogens is 1. The molecule has 0 aliphatic rings. The number of ether oxygens (including phenoxy) is 2. The van der Waals surface area contributed by atoms with E-state index in [2.05, 4.69) is 12.2 Å². The van der Waals surface area contributed by atoms with E-state index in [-0.39, 0.29) is 0 Å². The fourth-order valence-corrected chi connectivity index (χ4v) is 2.23. The van der Waals surface area contributed by atoms with Crippen LogP contribution in [0.1, 0.15) is 25.3 Å². The summed E-state index contributed by atoms with van der Waals surface area (Å²) in [6.45, 7) is 4.20. The van der Waals surface area contributed by atoms with E-state index in [4.69, 9.17) is 21.1 Å². The second-order valence-corrected chi connectivity index (χ2v) is 4.46. The van der Waals surface area contributed by atoms with Crippen molar-refractivity contribution in [2.24, 2.45) is 0 Å². The van der Waals surface area contributed by atoms with Gasteiger partial charge in [0.1, 0.15) is 16.5 Å². The van der Waals surface area contributed by atoms with E-state index >= 15 is 0 Å². The van der Waals surface area contributed by atoms with Crippen molar-refractivity contribution in [3.05, 3.63) is 22.7 Å². The van der Waals surface area contributed by atoms with Crippen LogP contribution in [-0.4, -0.2) is 27.3 Å². The van der Waals surface area contributed by atoms with Crippen molar-refractivity contribution in [2.75, 3.05) is 27.3 Å². The predicted octanol–water partition coefficient (Wildman–Crippen LogP) is 3.29. The molecule has 1 aromatic carbocycles. The van der Waals surface area contributed by atoms with Gasteiger partial charge in [0.2, 0.25) is 0 Å². The molecule has 0 spiro atoms. The van der Waals surface area contributed by atoms with Gasteiger partial charge in [-0.05, 0) is 44.0 Å². The zero-order valence-corrected chi connectivity index (χ0v) is 12.1. The Morgan fingerprint density at radius 1 is 1.17 bits per heavy atom. The van der Waals surface area contributed by atoms with Gasteiger partial charge in [0.15, 0.2) is 0 Å². The van der Waals surface area contributed by atoms with E-state index in [0.29, 0.717) is 10.8 Å². The molecular formula is C14H22ClNO2. The molecule has 0 atom stereocenters. The van der Waals surface area contributed by atoms with Gasteiger partial charge in [-0.2, -0.15) is 0 Å². The molecule has 0 heterocycles. The quantitative estimate of drug-likeness (QED) is 0.736. The molecule has 1 N–H and O–H groups in total. The molecule has 0 aliphatic carbocycles. The van der Waals surface area contributed by atoms with Gasteiger partial charge in [-0.3, -0.25) is 0 Å². The highest BCUT2D eigenvalue weighted by Crippen LogP contribution is 2.37. The highest BCUT2D eigenvalue weighted by molar-refractivity contribution is 6.33. The Hall–Kier alpha value is -0.930. The summed E-state index contributed by atoms with van der Waals surface area (Å²) in [6, 6.07) is 3.92. The van der Waals surface area contributed by atoms with Crippen LogP contribution in [0.3, 0.4) is 0 Å². The van der Waals surface area contributed by atoms with Crippen LogP contribution >= 0.6 is 11.6 Å². The van der Waals surface area contributed by atoms with Gasteiger partial charge in [-0.25, -0.2) is 0 Å². The number of hydrogen-bond donors (Lipinski definition) is 1. The van der Waals surface area contributed by atoms with Gasteiger partial charge in [-0.1, -0.05) is 24.6 Å². The lowest BCUT2D eigenvalue weighted by Crippen LogP contribution is -2.14. The second kappa shape index (κ2) is 8.22. The maximum Gasteiger partial charge on any atom is 0.144 e. The van der Waals surface area contributed by atoms with Crippen molar-refractivity contribution >= 4 is 11.6 Å². The molecule has 3 nitrogen and oxygen atoms in total. The number of rotatable bonds is 8. The van der Waals surface area contributed by atoms with Gasteiger partial charge in [0.05, 0.1) is 14.2 Å². The fraction of sp³-hybridized carbons (Fsp3) is 0.571. The SMILES string of the molecule is CCNCCCCc1ccc(OC)c(Cl)c1OC. The highest BCUT2D eigenvalue weighted by Gasteiger charge is 2.12. The van der Waals surface area contributed by atoms with Crippen molar-refractivity contribution in [2.45, 2.75) is 26.2 Å². The molecule has 0 aliphatic heterocycles. The van der Waals surface area contributed by atoms with Crippen LogP contribution in [0.25, 0.3) is 0 Å². The molecule has 0 bridgehead atoms. The number of benzene rings is 1. The van der Waals surface area contributed by atoms with Crippen molar-refractivity contribution in [3.63, 3.8) is 0 Å². The van der Waals surface area contributed by atoms with Crippen LogP contribution in [0.15, 0.2) is 12.1 Å². The van der Waals surface area contributed by atoms with Crippen molar-refractivity contribution in [3.8, 4) is 11.5 Å². The molecule has 0 radical (unpaired) electrons. The van der Waals surface area contributed by atoms with Crippen LogP contribution in [0, 0.1) is 0 Å². The van der Waals surface area contributed by atoms with Gasteiger partial charge >= 0.3 is 0 Å². The molecule has 1 aromatic rings. The highest BCUT2D eigenvalue weighted by atomic mass is 35.5. The van der Waals surface area contributed by atoms with Crippen molar-refractivity contribution < 1.29 is 9.47 Å². The first-order valence-electron chi connectivity index (χ1n) is 6.34. The Morgan fingerprint density at radius 3 is 2.56 bits per heavy atom. The Labute approximate surface area is 114 Å². The van der Waals surface area contributed by atoms with E-state index in [9.17, 15) is 0 Å². The van der Waals surface area contributed by atoms with Gasteiger partial charge in [0, 0.05) is 0 Å². The van der Waals surface area contributed by atoms with Crippen LogP contribution in [0.5, 0.6) is 11.5 Å². The lowest BCUT2D eigenvalue weighted by atomic mass is 10.1. The first-order chi connectivity index (χ1) is 8.74. The van der Waals surface area contributed by atoms with E-state index in [1.165, 1.54) is 0 Å². The minimum absolute atomic E-state index is 0.559. The predicted molar refractivity (Wildman–Crippen MR) is 76.0 cm³/mol. The van der Waals surface area contributed by atoms with E-state index < -0.39 is 0 Å². The van der Waals surface area contributed by atoms with Gasteiger partial charge in [-0.15, -0.1) is 0 Å². The lowest BCUT2D eigenvalue weighted by molar-refractivity contribution is 0.391. The van der Waals surface area contributed by atoms with Crippen LogP contribution in [0.2, 0.25) is 5.02 Å². The maximum absolute atomic E-state index is 6.21. The normalized spacial score (nSPS) is 10.4. The molecule has 4 heteroatoms. The Morgan fingerprint density at radius 2 is 1.94 bits per heavy atom. The largest absolute Gasteiger partial charge is 0.495 e. The molecule has 0 amide bonds. The van der Waals surface area contributed by atoms with Gasteiger partial charge in [0.25, 0.3) is 0 Å². The van der Waals surface area contributed by atoms with Crippen LogP contribution in [-0.2, 0) is 6.42 Å². The number of aryl methyl sites for hydroxylation is 1. The zero-order chi connectivity index (χ0) is 13.4. The summed E-state index contributed by atoms with van der Waals surface area (Å²) in [5, 5.41) is 3.87. The van der Waals surface area contributed by atoms with Crippen LogP contribution in [0.4, 0.5) is 0 Å². The molecule has 0 unspecified atom stereocenters. The van der Waals surface area contributed by atoms with Crippen LogP contribution < -0.4 is 14.8 Å². The number of unbranched alkanes of at least 4 members (excludes halogenated alkanes) is 1. The average molecular weight is 272 g/mol. The number of hydrogen-bond acceptors (Lipinski definition) is 3. The Bertz CT molecular complexity index is 369. The summed E-state index contributed by atoms with van der Waals surface area (Å²) in [7, 11) is 3.25. The third-order valence-corrected chi connectivity index (χ3v) is 3.22. The third kappa shape index (κ3) is 4.07. The molecule has 0 aromatic heterocycles. The molecule has 1 rings (SSSR count). The zero-order valence-electron chi connectivity index (χ0n) is 11.4. The molecule has 18 heavy (non-hydrogen) atoms. The first kappa shape index (κ1) is 15.1. The minimum Gasteiger partial charge on any atom is -0.495 e. The summed E-state index contributed by atoms with van der Waals surface area (Å²) in [5.74, 6) is 1.39. The van der Waals surface area contributed by atoms with E-state index in [1.807, 2.05) is 12.1 Å². The monoisotopic (exact) mass is 271 g/mol. The average Bonchev–Trinajstić information content (AvgIpc) is 2.39. The number of methoxy groups -OCH3 is 2. The summed E-state index contributed by atoms with van der Waals surface area (Å²) in [5.41, 5.74) is 1.14. The number of nitrogens with one attached hydrogen (secondary N) is 1.